The van der Waals surface area contributed by atoms with Crippen LogP contribution in [0, 0.1) is 0 Å². The first-order valence-electron chi connectivity index (χ1n) is 18.9. The van der Waals surface area contributed by atoms with Crippen LogP contribution in [0.25, 0.3) is 0 Å². The van der Waals surface area contributed by atoms with E-state index in [0.29, 0.717) is 31.7 Å². The Kier molecular flexibility index (Phi) is 10.0. The number of piperidine rings is 1. The van der Waals surface area contributed by atoms with Crippen molar-refractivity contribution in [1.29, 1.82) is 0 Å². The third kappa shape index (κ3) is 7.46. The van der Waals surface area contributed by atoms with Gasteiger partial charge in [-0.15, -0.1) is 0 Å². The quantitative estimate of drug-likeness (QED) is 0.148. The molecular formula is C43H46N4O6. The van der Waals surface area contributed by atoms with Crippen molar-refractivity contribution in [3.05, 3.63) is 119 Å². The van der Waals surface area contributed by atoms with Gasteiger partial charge in [0.2, 0.25) is 11.8 Å². The Labute approximate surface area is 310 Å². The first-order valence-corrected chi connectivity index (χ1v) is 18.9. The number of imide groups is 1. The van der Waals surface area contributed by atoms with Gasteiger partial charge in [-0.3, -0.25) is 24.6 Å². The first kappa shape index (κ1) is 34.7. The van der Waals surface area contributed by atoms with Gasteiger partial charge in [0, 0.05) is 73.9 Å². The Hall–Kier alpha value is -5.35. The number of phenolic OH excluding ortho intramolecular Hbond substituents is 1. The van der Waals surface area contributed by atoms with Gasteiger partial charge in [-0.05, 0) is 85.3 Å². The van der Waals surface area contributed by atoms with Crippen molar-refractivity contribution >= 4 is 23.4 Å². The Morgan fingerprint density at radius 2 is 1.64 bits per heavy atom. The molecule has 8 rings (SSSR count). The summed E-state index contributed by atoms with van der Waals surface area (Å²) in [4.78, 5) is 43.6. The maximum Gasteiger partial charge on any atom is 0.255 e. The zero-order valence-corrected chi connectivity index (χ0v) is 29.9. The van der Waals surface area contributed by atoms with Crippen LogP contribution in [0.1, 0.15) is 76.6 Å². The van der Waals surface area contributed by atoms with Gasteiger partial charge in [0.15, 0.2) is 0 Å². The highest BCUT2D eigenvalue weighted by Gasteiger charge is 2.39. The van der Waals surface area contributed by atoms with Crippen LogP contribution in [-0.4, -0.2) is 84.6 Å². The molecule has 0 spiro atoms. The first-order chi connectivity index (χ1) is 25.9. The molecule has 4 aliphatic heterocycles. The van der Waals surface area contributed by atoms with E-state index in [4.69, 9.17) is 9.47 Å². The van der Waals surface area contributed by atoms with E-state index >= 15 is 0 Å². The molecular weight excluding hydrogens is 668 g/mol. The second kappa shape index (κ2) is 15.3. The Bertz CT molecular complexity index is 1960. The van der Waals surface area contributed by atoms with E-state index in [1.54, 1.807) is 17.0 Å². The second-order valence-corrected chi connectivity index (χ2v) is 14.6. The zero-order valence-electron chi connectivity index (χ0n) is 29.9. The number of benzene rings is 4. The number of phenols is 1. The largest absolute Gasteiger partial charge is 0.508 e. The van der Waals surface area contributed by atoms with Gasteiger partial charge in [0.25, 0.3) is 5.91 Å². The molecule has 0 aromatic heterocycles. The van der Waals surface area contributed by atoms with Crippen molar-refractivity contribution in [2.24, 2.45) is 0 Å². The monoisotopic (exact) mass is 714 g/mol. The van der Waals surface area contributed by atoms with Crippen LogP contribution in [0.15, 0.2) is 91.0 Å². The summed E-state index contributed by atoms with van der Waals surface area (Å²) >= 11 is 0. The van der Waals surface area contributed by atoms with Crippen LogP contribution >= 0.6 is 0 Å². The van der Waals surface area contributed by atoms with Crippen LogP contribution in [0.4, 0.5) is 5.69 Å². The predicted octanol–water partition coefficient (Wildman–Crippen LogP) is 5.83. The molecule has 4 heterocycles. The maximum absolute atomic E-state index is 13.1. The summed E-state index contributed by atoms with van der Waals surface area (Å²) in [6, 6.07) is 29.8. The van der Waals surface area contributed by atoms with Crippen molar-refractivity contribution in [2.75, 3.05) is 50.8 Å². The molecule has 2 N–H and O–H groups in total. The number of carbonyl (C=O) groups is 3. The molecule has 3 amide bonds. The number of piperazine rings is 1. The number of aromatic hydroxyl groups is 1. The molecule has 3 unspecified atom stereocenters. The van der Waals surface area contributed by atoms with Crippen molar-refractivity contribution in [3.8, 4) is 17.2 Å². The summed E-state index contributed by atoms with van der Waals surface area (Å²) in [6.45, 7) is 6.53. The summed E-state index contributed by atoms with van der Waals surface area (Å²) in [7, 11) is 0. The summed E-state index contributed by atoms with van der Waals surface area (Å²) < 4.78 is 12.3. The van der Waals surface area contributed by atoms with Gasteiger partial charge in [0.05, 0.1) is 13.2 Å². The fourth-order valence-corrected chi connectivity index (χ4v) is 8.36. The lowest BCUT2D eigenvalue weighted by Gasteiger charge is -2.36. The van der Waals surface area contributed by atoms with Gasteiger partial charge in [0.1, 0.15) is 23.3 Å². The minimum absolute atomic E-state index is 0.106. The summed E-state index contributed by atoms with van der Waals surface area (Å²) in [6.07, 6.45) is 3.85. The predicted molar refractivity (Wildman–Crippen MR) is 202 cm³/mol. The van der Waals surface area contributed by atoms with E-state index < -0.39 is 6.04 Å². The third-order valence-electron chi connectivity index (χ3n) is 11.3. The van der Waals surface area contributed by atoms with E-state index in [1.807, 2.05) is 24.3 Å². The van der Waals surface area contributed by atoms with E-state index in [9.17, 15) is 19.5 Å². The third-order valence-corrected chi connectivity index (χ3v) is 11.3. The van der Waals surface area contributed by atoms with E-state index in [-0.39, 0.29) is 41.7 Å². The fraction of sp³-hybridized carbons (Fsp3) is 0.372. The zero-order chi connectivity index (χ0) is 36.3. The van der Waals surface area contributed by atoms with Crippen LogP contribution in [0.5, 0.6) is 17.2 Å². The fourth-order valence-electron chi connectivity index (χ4n) is 8.36. The minimum atomic E-state index is -0.592. The lowest BCUT2D eigenvalue weighted by Crippen LogP contribution is -2.52. The van der Waals surface area contributed by atoms with Crippen LogP contribution in [0.2, 0.25) is 0 Å². The van der Waals surface area contributed by atoms with Crippen molar-refractivity contribution in [3.63, 3.8) is 0 Å². The number of anilines is 1. The van der Waals surface area contributed by atoms with E-state index in [0.717, 1.165) is 80.3 Å². The lowest BCUT2D eigenvalue weighted by molar-refractivity contribution is -0.136. The molecule has 0 aliphatic carbocycles. The van der Waals surface area contributed by atoms with Crippen LogP contribution in [-0.2, 0) is 16.1 Å². The molecule has 0 radical (unpaired) electrons. The number of carbonyl (C=O) groups excluding carboxylic acids is 3. The number of hydrogen-bond donors (Lipinski definition) is 2. The van der Waals surface area contributed by atoms with E-state index in [1.165, 1.54) is 11.1 Å². The number of rotatable bonds is 11. The molecule has 10 heteroatoms. The number of nitrogens with zero attached hydrogens (tertiary/aromatic N) is 3. The molecule has 0 saturated carbocycles. The standard InChI is InChI=1S/C43H46N4O6/c48-33-12-16-36-39(26-33)53-28-37(29-7-3-1-4-8-29)41(36)30-9-13-34(14-10-30)52-24-6-2-5-19-45-20-22-46(23-21-45)32-11-15-35-31(25-32)27-47(43(35)51)38-17-18-40(49)44-42(38)50/h1,3-4,7-16,25-26,37-38,41,48H,2,5-6,17-24,27-28H2,(H,44,49,50). The number of hydrogen-bond acceptors (Lipinski definition) is 8. The molecule has 10 nitrogen and oxygen atoms in total. The Morgan fingerprint density at radius 3 is 2.43 bits per heavy atom. The average molecular weight is 715 g/mol. The highest BCUT2D eigenvalue weighted by Crippen LogP contribution is 2.47. The maximum atomic E-state index is 13.1. The molecule has 4 aromatic carbocycles. The SMILES string of the molecule is O=C1CCC(N2Cc3cc(N4CCN(CCCCCOc5ccc(C6c7ccc(O)cc7OCC6c6ccccc6)cc5)CC4)ccc3C2=O)C(=O)N1. The van der Waals surface area contributed by atoms with Gasteiger partial charge >= 0.3 is 0 Å². The van der Waals surface area contributed by atoms with Crippen molar-refractivity contribution in [2.45, 2.75) is 56.5 Å². The Morgan fingerprint density at radius 1 is 0.830 bits per heavy atom. The number of amides is 3. The summed E-state index contributed by atoms with van der Waals surface area (Å²) in [5, 5.41) is 12.4. The molecule has 2 saturated heterocycles. The topological polar surface area (TPSA) is 112 Å². The van der Waals surface area contributed by atoms with Gasteiger partial charge < -0.3 is 24.4 Å². The molecule has 4 aromatic rings. The van der Waals surface area contributed by atoms with Gasteiger partial charge in [-0.2, -0.15) is 0 Å². The van der Waals surface area contributed by atoms with E-state index in [2.05, 4.69) is 69.7 Å². The second-order valence-electron chi connectivity index (χ2n) is 14.6. The van der Waals surface area contributed by atoms with Gasteiger partial charge in [-0.25, -0.2) is 0 Å². The molecule has 0 bridgehead atoms. The Balaban J connectivity index is 0.774. The van der Waals surface area contributed by atoms with Crippen molar-refractivity contribution < 1.29 is 29.0 Å². The van der Waals surface area contributed by atoms with Crippen molar-refractivity contribution in [1.82, 2.24) is 15.1 Å². The van der Waals surface area contributed by atoms with Crippen LogP contribution < -0.4 is 19.7 Å². The number of unbranched alkanes of at least 4 members (excludes halogenated alkanes) is 2. The van der Waals surface area contributed by atoms with Crippen LogP contribution in [0.3, 0.4) is 0 Å². The number of fused-ring (bicyclic) bond motifs is 2. The average Bonchev–Trinajstić information content (AvgIpc) is 3.51. The molecule has 274 valence electrons. The number of nitrogens with one attached hydrogen (secondary N) is 1. The number of ether oxygens (including phenoxy) is 2. The molecule has 53 heavy (non-hydrogen) atoms. The minimum Gasteiger partial charge on any atom is -0.508 e. The summed E-state index contributed by atoms with van der Waals surface area (Å²) in [5.74, 6) is 1.31. The molecule has 4 aliphatic rings. The highest BCUT2D eigenvalue weighted by molar-refractivity contribution is 6.05. The van der Waals surface area contributed by atoms with Gasteiger partial charge in [-0.1, -0.05) is 48.5 Å². The smallest absolute Gasteiger partial charge is 0.255 e. The normalized spacial score (nSPS) is 21.5. The summed E-state index contributed by atoms with van der Waals surface area (Å²) in [5.41, 5.74) is 6.22. The lowest BCUT2D eigenvalue weighted by atomic mass is 9.76. The highest BCUT2D eigenvalue weighted by atomic mass is 16.5. The molecule has 2 fully saturated rings. The molecule has 3 atom stereocenters.